The first-order chi connectivity index (χ1) is 11.6. The first-order valence-corrected chi connectivity index (χ1v) is 8.74. The molecule has 0 aromatic carbocycles. The van der Waals surface area contributed by atoms with Gasteiger partial charge in [-0.1, -0.05) is 0 Å². The fourth-order valence-electron chi connectivity index (χ4n) is 2.43. The normalized spacial score (nSPS) is 11.0. The lowest BCUT2D eigenvalue weighted by molar-refractivity contribution is 0.0997. The van der Waals surface area contributed by atoms with E-state index in [4.69, 9.17) is 5.73 Å². The number of aromatic nitrogens is 4. The summed E-state index contributed by atoms with van der Waals surface area (Å²) in [5.41, 5.74) is 8.19. The van der Waals surface area contributed by atoms with Crippen molar-refractivity contribution in [2.75, 3.05) is 0 Å². The van der Waals surface area contributed by atoms with Gasteiger partial charge in [0.25, 0.3) is 5.91 Å². The monoisotopic (exact) mass is 353 g/mol. The van der Waals surface area contributed by atoms with Crippen molar-refractivity contribution < 1.29 is 4.79 Å². The number of pyridine rings is 1. The SMILES string of the molecule is Cc1nc(-c2cncnc2)sc1-c1cc2ccsc2c(C(N)=O)n1. The maximum atomic E-state index is 11.7. The number of nitrogens with zero attached hydrogens (tertiary/aromatic N) is 4. The molecule has 4 aromatic rings. The number of carbonyl (C=O) groups excluding carboxylic acids is 1. The van der Waals surface area contributed by atoms with Crippen molar-refractivity contribution in [3.8, 4) is 21.1 Å². The summed E-state index contributed by atoms with van der Waals surface area (Å²) in [6.07, 6.45) is 4.93. The van der Waals surface area contributed by atoms with Gasteiger partial charge in [-0.25, -0.2) is 19.9 Å². The van der Waals surface area contributed by atoms with Crippen molar-refractivity contribution in [2.45, 2.75) is 6.92 Å². The van der Waals surface area contributed by atoms with Gasteiger partial charge in [0.15, 0.2) is 0 Å². The number of primary amides is 1. The number of carbonyl (C=O) groups is 1. The number of aryl methyl sites for hydroxylation is 1. The third-order valence-corrected chi connectivity index (χ3v) is 5.67. The number of amides is 1. The van der Waals surface area contributed by atoms with Crippen molar-refractivity contribution in [2.24, 2.45) is 5.73 Å². The van der Waals surface area contributed by atoms with Crippen LogP contribution in [0, 0.1) is 6.92 Å². The van der Waals surface area contributed by atoms with Crippen LogP contribution in [0.5, 0.6) is 0 Å². The molecule has 0 fully saturated rings. The highest BCUT2D eigenvalue weighted by Crippen LogP contribution is 2.36. The van der Waals surface area contributed by atoms with E-state index in [1.165, 1.54) is 29.0 Å². The van der Waals surface area contributed by atoms with E-state index in [2.05, 4.69) is 19.9 Å². The van der Waals surface area contributed by atoms with Crippen molar-refractivity contribution in [3.05, 3.63) is 47.6 Å². The van der Waals surface area contributed by atoms with E-state index in [1.807, 2.05) is 24.4 Å². The number of hydrogen-bond donors (Lipinski definition) is 1. The van der Waals surface area contributed by atoms with Gasteiger partial charge >= 0.3 is 0 Å². The zero-order valence-electron chi connectivity index (χ0n) is 12.6. The van der Waals surface area contributed by atoms with E-state index < -0.39 is 5.91 Å². The average molecular weight is 353 g/mol. The van der Waals surface area contributed by atoms with Crippen molar-refractivity contribution >= 4 is 38.7 Å². The van der Waals surface area contributed by atoms with Gasteiger partial charge in [0.1, 0.15) is 17.0 Å². The molecular weight excluding hydrogens is 342 g/mol. The summed E-state index contributed by atoms with van der Waals surface area (Å²) in [6.45, 7) is 1.92. The lowest BCUT2D eigenvalue weighted by Gasteiger charge is -2.03. The first kappa shape index (κ1) is 14.9. The molecule has 0 spiro atoms. The van der Waals surface area contributed by atoms with E-state index >= 15 is 0 Å². The molecule has 0 bridgehead atoms. The van der Waals surface area contributed by atoms with Crippen LogP contribution in [0.1, 0.15) is 16.2 Å². The minimum Gasteiger partial charge on any atom is -0.364 e. The summed E-state index contributed by atoms with van der Waals surface area (Å²) in [5, 5.41) is 3.70. The Bertz CT molecular complexity index is 1050. The summed E-state index contributed by atoms with van der Waals surface area (Å²) >= 11 is 2.96. The number of hydrogen-bond acceptors (Lipinski definition) is 7. The number of rotatable bonds is 3. The van der Waals surface area contributed by atoms with Crippen molar-refractivity contribution in [3.63, 3.8) is 0 Å². The van der Waals surface area contributed by atoms with Gasteiger partial charge < -0.3 is 5.73 Å². The van der Waals surface area contributed by atoms with E-state index in [1.54, 1.807) is 12.4 Å². The second-order valence-electron chi connectivity index (χ2n) is 5.12. The molecule has 0 unspecified atom stereocenters. The predicted molar refractivity (Wildman–Crippen MR) is 95.0 cm³/mol. The predicted octanol–water partition coefficient (Wildman–Crippen LogP) is 3.28. The molecule has 2 N–H and O–H groups in total. The highest BCUT2D eigenvalue weighted by atomic mass is 32.1. The topological polar surface area (TPSA) is 94.6 Å². The molecule has 118 valence electrons. The molecule has 0 aliphatic rings. The van der Waals surface area contributed by atoms with Crippen LogP contribution in [0.2, 0.25) is 0 Å². The molecule has 4 rings (SSSR count). The molecule has 4 aromatic heterocycles. The minimum absolute atomic E-state index is 0.301. The fourth-order valence-corrected chi connectivity index (χ4v) is 4.30. The summed E-state index contributed by atoms with van der Waals surface area (Å²) in [5.74, 6) is -0.525. The third kappa shape index (κ3) is 2.45. The van der Waals surface area contributed by atoms with Crippen LogP contribution in [0.4, 0.5) is 0 Å². The summed E-state index contributed by atoms with van der Waals surface area (Å²) in [4.78, 5) is 29.8. The van der Waals surface area contributed by atoms with Crippen LogP contribution in [0.15, 0.2) is 36.2 Å². The Balaban J connectivity index is 1.89. The van der Waals surface area contributed by atoms with Crippen LogP contribution in [-0.4, -0.2) is 25.8 Å². The third-order valence-electron chi connectivity index (χ3n) is 3.51. The maximum Gasteiger partial charge on any atom is 0.268 e. The first-order valence-electron chi connectivity index (χ1n) is 7.04. The largest absolute Gasteiger partial charge is 0.364 e. The summed E-state index contributed by atoms with van der Waals surface area (Å²) in [6, 6.07) is 3.92. The van der Waals surface area contributed by atoms with Gasteiger partial charge in [0, 0.05) is 18.0 Å². The van der Waals surface area contributed by atoms with Crippen LogP contribution < -0.4 is 5.73 Å². The smallest absolute Gasteiger partial charge is 0.268 e. The van der Waals surface area contributed by atoms with E-state index in [0.29, 0.717) is 11.4 Å². The minimum atomic E-state index is -0.525. The fraction of sp³-hybridized carbons (Fsp3) is 0.0625. The molecule has 0 saturated heterocycles. The van der Waals surface area contributed by atoms with Crippen LogP contribution >= 0.6 is 22.7 Å². The Labute approximate surface area is 145 Å². The summed E-state index contributed by atoms with van der Waals surface area (Å²) in [7, 11) is 0. The van der Waals surface area contributed by atoms with Gasteiger partial charge in [-0.15, -0.1) is 22.7 Å². The Kier molecular flexibility index (Phi) is 3.55. The van der Waals surface area contributed by atoms with Crippen molar-refractivity contribution in [1.29, 1.82) is 0 Å². The molecule has 0 aliphatic heterocycles. The molecule has 0 radical (unpaired) electrons. The molecule has 6 nitrogen and oxygen atoms in total. The Hall–Kier alpha value is -2.71. The summed E-state index contributed by atoms with van der Waals surface area (Å²) < 4.78 is 0.810. The molecule has 0 atom stereocenters. The second kappa shape index (κ2) is 5.73. The van der Waals surface area contributed by atoms with Gasteiger partial charge in [0.05, 0.1) is 21.0 Å². The molecular formula is C16H11N5OS2. The zero-order valence-corrected chi connectivity index (χ0v) is 14.2. The van der Waals surface area contributed by atoms with Gasteiger partial charge in [-0.2, -0.15) is 0 Å². The Morgan fingerprint density at radius 1 is 1.21 bits per heavy atom. The quantitative estimate of drug-likeness (QED) is 0.610. The van der Waals surface area contributed by atoms with E-state index in [9.17, 15) is 4.79 Å². The molecule has 0 saturated carbocycles. The molecule has 4 heterocycles. The highest BCUT2D eigenvalue weighted by molar-refractivity contribution is 7.18. The second-order valence-corrected chi connectivity index (χ2v) is 7.04. The number of thiazole rings is 1. The average Bonchev–Trinajstić information content (AvgIpc) is 3.20. The van der Waals surface area contributed by atoms with Gasteiger partial charge in [-0.05, 0) is 29.8 Å². The maximum absolute atomic E-state index is 11.7. The van der Waals surface area contributed by atoms with Crippen LogP contribution in [-0.2, 0) is 0 Å². The molecule has 24 heavy (non-hydrogen) atoms. The number of fused-ring (bicyclic) bond motifs is 1. The Morgan fingerprint density at radius 3 is 2.75 bits per heavy atom. The lowest BCUT2D eigenvalue weighted by Crippen LogP contribution is -2.13. The number of nitrogens with two attached hydrogens (primary N) is 1. The molecule has 1 amide bonds. The molecule has 8 heteroatoms. The van der Waals surface area contributed by atoms with Gasteiger partial charge in [0.2, 0.25) is 0 Å². The van der Waals surface area contributed by atoms with Crippen LogP contribution in [0.25, 0.3) is 31.2 Å². The standard InChI is InChI=1S/C16H11N5OS2/c1-8-13(24-16(20-8)10-5-18-7-19-6-10)11-4-9-2-3-23-14(9)12(21-11)15(17)22/h2-7H,1H3,(H2,17,22). The van der Waals surface area contributed by atoms with Gasteiger partial charge in [-0.3, -0.25) is 4.79 Å². The highest BCUT2D eigenvalue weighted by Gasteiger charge is 2.17. The van der Waals surface area contributed by atoms with Crippen LogP contribution in [0.3, 0.4) is 0 Å². The Morgan fingerprint density at radius 2 is 2.00 bits per heavy atom. The zero-order chi connectivity index (χ0) is 16.7. The molecule has 0 aliphatic carbocycles. The van der Waals surface area contributed by atoms with E-state index in [-0.39, 0.29) is 0 Å². The lowest BCUT2D eigenvalue weighted by atomic mass is 10.2. The van der Waals surface area contributed by atoms with E-state index in [0.717, 1.165) is 31.2 Å². The van der Waals surface area contributed by atoms with Crippen molar-refractivity contribution in [1.82, 2.24) is 19.9 Å². The number of thiophene rings is 1.